The van der Waals surface area contributed by atoms with Crippen molar-refractivity contribution in [1.82, 2.24) is 0 Å². The first-order chi connectivity index (χ1) is 10.2. The Bertz CT molecular complexity index is 291. The quantitative estimate of drug-likeness (QED) is 0.120. The minimum absolute atomic E-state index is 0. The number of rotatable bonds is 0. The zero-order valence-corrected chi connectivity index (χ0v) is 16.2. The first-order valence-electron chi connectivity index (χ1n) is 7.09. The van der Waals surface area contributed by atoms with Gasteiger partial charge in [0.15, 0.2) is 0 Å². The van der Waals surface area contributed by atoms with Crippen molar-refractivity contribution in [1.29, 1.82) is 0 Å². The molecule has 0 N–H and O–H groups in total. The van der Waals surface area contributed by atoms with Crippen LogP contribution >= 0.6 is 0 Å². The predicted octanol–water partition coefficient (Wildman–Crippen LogP) is 5.97. The Morgan fingerprint density at radius 2 is 0.625 bits per heavy atom. The molecule has 0 unspecified atom stereocenters. The third-order valence-corrected chi connectivity index (χ3v) is 2.85. The molecule has 0 atom stereocenters. The van der Waals surface area contributed by atoms with Crippen LogP contribution < -0.4 is 0 Å². The van der Waals surface area contributed by atoms with Crippen LogP contribution in [0.1, 0.15) is 64.2 Å². The van der Waals surface area contributed by atoms with Gasteiger partial charge in [0.2, 0.25) is 0 Å². The van der Waals surface area contributed by atoms with Crippen molar-refractivity contribution in [2.45, 2.75) is 76.6 Å². The van der Waals surface area contributed by atoms with Crippen LogP contribution in [0.25, 0.3) is 0 Å². The van der Waals surface area contributed by atoms with Gasteiger partial charge in [-0.2, -0.15) is 26.3 Å². The molecule has 0 bridgehead atoms. The summed E-state index contributed by atoms with van der Waals surface area (Å²) in [6, 6.07) is 0. The van der Waals surface area contributed by atoms with Crippen LogP contribution in [0.3, 0.4) is 0 Å². The van der Waals surface area contributed by atoms with Gasteiger partial charge in [-0.3, -0.25) is 0 Å². The van der Waals surface area contributed by atoms with Crippen molar-refractivity contribution in [3.05, 3.63) is 6.65 Å². The Kier molecular flexibility index (Phi) is 25.8. The summed E-state index contributed by atoms with van der Waals surface area (Å²) in [6.45, 7) is 4.50. The van der Waals surface area contributed by atoms with Crippen molar-refractivity contribution in [2.75, 3.05) is 0 Å². The van der Waals surface area contributed by atoms with E-state index in [1.807, 2.05) is 0 Å². The van der Waals surface area contributed by atoms with Crippen molar-refractivity contribution >= 4 is 0 Å². The summed E-state index contributed by atoms with van der Waals surface area (Å²) in [4.78, 5) is 0. The molecule has 2 aliphatic carbocycles. The zero-order valence-electron chi connectivity index (χ0n) is 12.9. The molecule has 9 heteroatoms. The molecule has 0 saturated heterocycles. The Hall–Kier alpha value is 0.127. The second-order valence-corrected chi connectivity index (χ2v) is 4.78. The number of alkyl halides is 6. The third kappa shape index (κ3) is 33.7. The summed E-state index contributed by atoms with van der Waals surface area (Å²) in [5.74, 6) is 0.174. The fraction of sp³-hybridized carbons (Fsp3) is 0.800. The zero-order chi connectivity index (χ0) is 17.5. The Balaban J connectivity index is -0.000000121. The van der Waals surface area contributed by atoms with E-state index in [0.29, 0.717) is 0 Å². The SMILES string of the molecule is C1CCCC1.C1CCCC1.FC(F)(F)C#CC(F)(F)F.[C-]#[O+].[Rh].[Rh]. The normalized spacial score (nSPS) is 15.2. The second kappa shape index (κ2) is 19.5. The molecule has 24 heavy (non-hydrogen) atoms. The van der Waals surface area contributed by atoms with Gasteiger partial charge in [-0.1, -0.05) is 64.2 Å². The van der Waals surface area contributed by atoms with E-state index in [1.165, 1.54) is 64.2 Å². The van der Waals surface area contributed by atoms with E-state index in [1.54, 1.807) is 0 Å². The first kappa shape index (κ1) is 31.9. The predicted molar refractivity (Wildman–Crippen MR) is 70.0 cm³/mol. The summed E-state index contributed by atoms with van der Waals surface area (Å²) in [6.07, 6.45) is 4.85. The maximum Gasteiger partial charge on any atom is 0 e. The van der Waals surface area contributed by atoms with Crippen molar-refractivity contribution in [2.24, 2.45) is 0 Å². The molecule has 2 rings (SSSR count). The van der Waals surface area contributed by atoms with Gasteiger partial charge in [-0.25, -0.2) is 0 Å². The molecule has 2 radical (unpaired) electrons. The Morgan fingerprint density at radius 1 is 0.500 bits per heavy atom. The van der Waals surface area contributed by atoms with E-state index < -0.39 is 12.4 Å². The number of halogens is 6. The topological polar surface area (TPSA) is 19.9 Å². The maximum absolute atomic E-state index is 10.9. The Morgan fingerprint density at radius 3 is 0.708 bits per heavy atom. The maximum atomic E-state index is 10.9. The Labute approximate surface area is 164 Å². The molecule has 2 aliphatic rings. The molecule has 1 nitrogen and oxygen atoms in total. The molecule has 2 saturated carbocycles. The van der Waals surface area contributed by atoms with Gasteiger partial charge in [0.05, 0.1) is 0 Å². The van der Waals surface area contributed by atoms with Crippen LogP contribution in [-0.4, -0.2) is 12.4 Å². The smallest absolute Gasteiger partial charge is 0 e. The molecule has 0 spiro atoms. The molecule has 2 fully saturated rings. The van der Waals surface area contributed by atoms with Crippen LogP contribution in [-0.2, 0) is 43.6 Å². The van der Waals surface area contributed by atoms with E-state index in [-0.39, 0.29) is 50.8 Å². The fourth-order valence-electron chi connectivity index (χ4n) is 1.91. The molecule has 0 aromatic carbocycles. The van der Waals surface area contributed by atoms with Gasteiger partial charge in [0.1, 0.15) is 0 Å². The molecule has 0 aliphatic heterocycles. The van der Waals surface area contributed by atoms with Crippen molar-refractivity contribution in [3.8, 4) is 11.8 Å². The largest absolute Gasteiger partial charge is 0 e. The minimum atomic E-state index is -5.07. The third-order valence-electron chi connectivity index (χ3n) is 2.85. The summed E-state index contributed by atoms with van der Waals surface area (Å²) in [5.41, 5.74) is 0. The average Bonchev–Trinajstić information content (AvgIpc) is 3.15. The van der Waals surface area contributed by atoms with Gasteiger partial charge in [-0.15, -0.1) is 0 Å². The molecule has 0 aromatic heterocycles. The van der Waals surface area contributed by atoms with Gasteiger partial charge in [0.25, 0.3) is 0 Å². The summed E-state index contributed by atoms with van der Waals surface area (Å²) < 4.78 is 73.0. The second-order valence-electron chi connectivity index (χ2n) is 4.78. The van der Waals surface area contributed by atoms with Crippen LogP contribution in [0.2, 0.25) is 0 Å². The minimum Gasteiger partial charge on any atom is 0 e. The van der Waals surface area contributed by atoms with Crippen LogP contribution in [0.15, 0.2) is 0 Å². The summed E-state index contributed by atoms with van der Waals surface area (Å²) in [7, 11) is 0. The van der Waals surface area contributed by atoms with E-state index in [4.69, 9.17) is 4.65 Å². The standard InChI is InChI=1S/2C5H10.C4F6.CO.2Rh/c2*1-2-4-5-3-1;5-3(6,7)1-2-4(8,9)10;1-2;;/h2*1-5H2;;;;. The molecule has 146 valence electrons. The molecular weight excluding hydrogens is 516 g/mol. The molecular formula is C15H20F6ORh2. The van der Waals surface area contributed by atoms with Gasteiger partial charge >= 0.3 is 23.7 Å². The summed E-state index contributed by atoms with van der Waals surface area (Å²) >= 11 is 0. The van der Waals surface area contributed by atoms with E-state index in [0.717, 1.165) is 0 Å². The average molecular weight is 536 g/mol. The number of hydrogen-bond donors (Lipinski definition) is 0. The molecule has 0 aromatic rings. The summed E-state index contributed by atoms with van der Waals surface area (Å²) in [5, 5.41) is 0. The molecule has 0 amide bonds. The van der Waals surface area contributed by atoms with Crippen molar-refractivity contribution < 1.29 is 70.0 Å². The fourth-order valence-corrected chi connectivity index (χ4v) is 1.91. The van der Waals surface area contributed by atoms with Crippen LogP contribution in [0.5, 0.6) is 0 Å². The number of hydrogen-bond acceptors (Lipinski definition) is 0. The van der Waals surface area contributed by atoms with Gasteiger partial charge < -0.3 is 0 Å². The van der Waals surface area contributed by atoms with Crippen LogP contribution in [0, 0.1) is 18.5 Å². The van der Waals surface area contributed by atoms with Gasteiger partial charge in [0, 0.05) is 50.8 Å². The van der Waals surface area contributed by atoms with Crippen LogP contribution in [0.4, 0.5) is 26.3 Å². The molecule has 0 heterocycles. The monoisotopic (exact) mass is 536 g/mol. The van der Waals surface area contributed by atoms with Gasteiger partial charge in [-0.05, 0) is 0 Å². The van der Waals surface area contributed by atoms with E-state index in [9.17, 15) is 26.3 Å². The van der Waals surface area contributed by atoms with Crippen molar-refractivity contribution in [3.63, 3.8) is 0 Å². The van der Waals surface area contributed by atoms with E-state index >= 15 is 0 Å². The first-order valence-corrected chi connectivity index (χ1v) is 7.09. The van der Waals surface area contributed by atoms with E-state index in [2.05, 4.69) is 6.65 Å².